The molecule has 0 spiro atoms. The van der Waals surface area contributed by atoms with Gasteiger partial charge in [-0.15, -0.1) is 0 Å². The first kappa shape index (κ1) is 19.7. The van der Waals surface area contributed by atoms with Gasteiger partial charge in [0.25, 0.3) is 0 Å². The van der Waals surface area contributed by atoms with Gasteiger partial charge in [0.1, 0.15) is 0 Å². The lowest BCUT2D eigenvalue weighted by atomic mass is 10.1. The summed E-state index contributed by atoms with van der Waals surface area (Å²) in [6, 6.07) is 12.0. The summed E-state index contributed by atoms with van der Waals surface area (Å²) in [7, 11) is 0. The van der Waals surface area contributed by atoms with Gasteiger partial charge in [0.15, 0.2) is 0 Å². The van der Waals surface area contributed by atoms with Crippen LogP contribution < -0.4 is 10.2 Å². The second kappa shape index (κ2) is 8.65. The zero-order valence-corrected chi connectivity index (χ0v) is 16.3. The molecule has 0 atom stereocenters. The number of carbonyl (C=O) groups is 2. The van der Waals surface area contributed by atoms with Gasteiger partial charge in [-0.25, -0.2) is 0 Å². The molecule has 0 saturated carbocycles. The Labute approximate surface area is 156 Å². The summed E-state index contributed by atoms with van der Waals surface area (Å²) in [6.45, 7) is 9.94. The Balaban J connectivity index is 2.13. The number of rotatable bonds is 6. The normalized spacial score (nSPS) is 10.5. The highest BCUT2D eigenvalue weighted by Crippen LogP contribution is 2.25. The minimum absolute atomic E-state index is 0.0552. The largest absolute Gasteiger partial charge is 0.326 e. The van der Waals surface area contributed by atoms with Crippen molar-refractivity contribution in [3.05, 3.63) is 58.7 Å². The number of benzene rings is 2. The molecular weight excluding hydrogens is 324 g/mol. The molecule has 0 aliphatic rings. The summed E-state index contributed by atoms with van der Waals surface area (Å²) in [4.78, 5) is 26.4. The molecule has 2 aromatic rings. The fraction of sp³-hybridized carbons (Fsp3) is 0.364. The van der Waals surface area contributed by atoms with Crippen molar-refractivity contribution in [1.29, 1.82) is 0 Å². The summed E-state index contributed by atoms with van der Waals surface area (Å²) in [6.07, 6.45) is 1.12. The average molecular weight is 352 g/mol. The highest BCUT2D eigenvalue weighted by Gasteiger charge is 2.18. The number of anilines is 2. The average Bonchev–Trinajstić information content (AvgIpc) is 2.58. The monoisotopic (exact) mass is 352 g/mol. The van der Waals surface area contributed by atoms with Gasteiger partial charge in [-0.05, 0) is 49.4 Å². The number of hydrogen-bond donors (Lipinski definition) is 1. The molecule has 0 heterocycles. The van der Waals surface area contributed by atoms with Crippen LogP contribution in [-0.4, -0.2) is 18.4 Å². The van der Waals surface area contributed by atoms with Crippen molar-refractivity contribution in [3.8, 4) is 0 Å². The molecule has 1 N–H and O–H groups in total. The van der Waals surface area contributed by atoms with Crippen molar-refractivity contribution in [2.45, 2.75) is 47.5 Å². The maximum atomic E-state index is 12.5. The van der Waals surface area contributed by atoms with E-state index in [-0.39, 0.29) is 18.2 Å². The number of para-hydroxylation sites is 2. The molecule has 4 heteroatoms. The fourth-order valence-electron chi connectivity index (χ4n) is 3.28. The van der Waals surface area contributed by atoms with Crippen LogP contribution in [0.4, 0.5) is 11.4 Å². The van der Waals surface area contributed by atoms with E-state index in [9.17, 15) is 9.59 Å². The third-order valence-electron chi connectivity index (χ3n) is 4.66. The zero-order valence-electron chi connectivity index (χ0n) is 16.3. The molecular formula is C22H28N2O2. The lowest BCUT2D eigenvalue weighted by Crippen LogP contribution is -2.33. The molecule has 0 radical (unpaired) electrons. The fourth-order valence-corrected chi connectivity index (χ4v) is 3.28. The zero-order chi connectivity index (χ0) is 19.3. The summed E-state index contributed by atoms with van der Waals surface area (Å²) < 4.78 is 0. The van der Waals surface area contributed by atoms with E-state index >= 15 is 0 Å². The van der Waals surface area contributed by atoms with E-state index in [0.717, 1.165) is 40.0 Å². The van der Waals surface area contributed by atoms with Crippen LogP contribution in [0.1, 0.15) is 42.5 Å². The Morgan fingerprint density at radius 2 is 1.54 bits per heavy atom. The van der Waals surface area contributed by atoms with E-state index in [1.165, 1.54) is 0 Å². The van der Waals surface area contributed by atoms with Gasteiger partial charge in [-0.3, -0.25) is 9.59 Å². The Morgan fingerprint density at radius 1 is 0.962 bits per heavy atom. The van der Waals surface area contributed by atoms with Crippen molar-refractivity contribution in [2.24, 2.45) is 0 Å². The molecule has 0 aliphatic carbocycles. The number of amides is 2. The minimum atomic E-state index is -0.0773. The third-order valence-corrected chi connectivity index (χ3v) is 4.66. The van der Waals surface area contributed by atoms with E-state index in [1.807, 2.05) is 57.2 Å². The summed E-state index contributed by atoms with van der Waals surface area (Å²) in [5, 5.41) is 3.03. The van der Waals surface area contributed by atoms with Crippen LogP contribution >= 0.6 is 0 Å². The minimum Gasteiger partial charge on any atom is -0.326 e. The first-order valence-electron chi connectivity index (χ1n) is 9.07. The van der Waals surface area contributed by atoms with Crippen molar-refractivity contribution in [1.82, 2.24) is 0 Å². The van der Waals surface area contributed by atoms with Crippen LogP contribution in [0.15, 0.2) is 36.4 Å². The maximum absolute atomic E-state index is 12.5. The lowest BCUT2D eigenvalue weighted by Gasteiger charge is -2.25. The van der Waals surface area contributed by atoms with E-state index in [1.54, 1.807) is 11.8 Å². The molecule has 0 unspecified atom stereocenters. The van der Waals surface area contributed by atoms with Gasteiger partial charge in [0, 0.05) is 31.3 Å². The Kier molecular flexibility index (Phi) is 6.56. The molecule has 2 amide bonds. The molecule has 2 rings (SSSR count). The first-order valence-corrected chi connectivity index (χ1v) is 9.07. The number of hydrogen-bond acceptors (Lipinski definition) is 2. The molecule has 0 aromatic heterocycles. The van der Waals surface area contributed by atoms with E-state index < -0.39 is 0 Å². The second-order valence-corrected chi connectivity index (χ2v) is 6.67. The van der Waals surface area contributed by atoms with Crippen LogP contribution in [0.3, 0.4) is 0 Å². The number of nitrogens with zero attached hydrogens (tertiary/aromatic N) is 1. The van der Waals surface area contributed by atoms with E-state index in [4.69, 9.17) is 0 Å². The van der Waals surface area contributed by atoms with Gasteiger partial charge in [0.05, 0.1) is 0 Å². The Morgan fingerprint density at radius 3 is 2.12 bits per heavy atom. The van der Waals surface area contributed by atoms with Gasteiger partial charge in [-0.1, -0.05) is 43.3 Å². The van der Waals surface area contributed by atoms with Crippen LogP contribution in [-0.2, 0) is 16.0 Å². The van der Waals surface area contributed by atoms with Crippen LogP contribution in [0.5, 0.6) is 0 Å². The van der Waals surface area contributed by atoms with Gasteiger partial charge in [-0.2, -0.15) is 0 Å². The Bertz CT molecular complexity index is 792. The standard InChI is InChI=1S/C22H28N2O2/c1-6-19-12-8-9-15(2)21(19)23-20(26)13-14-24(18(5)25)22-16(3)10-7-11-17(22)4/h7-12H,6,13-14H2,1-5H3,(H,23,26). The van der Waals surface area contributed by atoms with Crippen LogP contribution in [0, 0.1) is 20.8 Å². The first-order chi connectivity index (χ1) is 12.3. The number of aryl methyl sites for hydroxylation is 4. The second-order valence-electron chi connectivity index (χ2n) is 6.67. The molecule has 0 fully saturated rings. The van der Waals surface area contributed by atoms with Gasteiger partial charge in [0.2, 0.25) is 11.8 Å². The smallest absolute Gasteiger partial charge is 0.226 e. The summed E-state index contributed by atoms with van der Waals surface area (Å²) in [5.74, 6) is -0.133. The van der Waals surface area contributed by atoms with E-state index in [2.05, 4.69) is 12.2 Å². The van der Waals surface area contributed by atoms with Crippen molar-refractivity contribution >= 4 is 23.2 Å². The highest BCUT2D eigenvalue weighted by atomic mass is 16.2. The number of nitrogens with one attached hydrogen (secondary N) is 1. The summed E-state index contributed by atoms with van der Waals surface area (Å²) >= 11 is 0. The van der Waals surface area contributed by atoms with Crippen LogP contribution in [0.2, 0.25) is 0 Å². The molecule has 0 aliphatic heterocycles. The SMILES string of the molecule is CCc1cccc(C)c1NC(=O)CCN(C(C)=O)c1c(C)cccc1C. The maximum Gasteiger partial charge on any atom is 0.226 e. The van der Waals surface area contributed by atoms with E-state index in [0.29, 0.717) is 6.54 Å². The predicted octanol–water partition coefficient (Wildman–Crippen LogP) is 4.56. The molecule has 2 aromatic carbocycles. The van der Waals surface area contributed by atoms with Crippen LogP contribution in [0.25, 0.3) is 0 Å². The van der Waals surface area contributed by atoms with Crippen molar-refractivity contribution in [2.75, 3.05) is 16.8 Å². The quantitative estimate of drug-likeness (QED) is 0.829. The topological polar surface area (TPSA) is 49.4 Å². The molecule has 138 valence electrons. The molecule has 0 saturated heterocycles. The molecule has 0 bridgehead atoms. The summed E-state index contributed by atoms with van der Waals surface area (Å²) in [5.41, 5.74) is 6.03. The van der Waals surface area contributed by atoms with Crippen molar-refractivity contribution in [3.63, 3.8) is 0 Å². The van der Waals surface area contributed by atoms with Gasteiger partial charge < -0.3 is 10.2 Å². The Hall–Kier alpha value is -2.62. The molecule has 26 heavy (non-hydrogen) atoms. The third kappa shape index (κ3) is 4.51. The number of carbonyl (C=O) groups excluding carboxylic acids is 2. The predicted molar refractivity (Wildman–Crippen MR) is 108 cm³/mol. The van der Waals surface area contributed by atoms with Gasteiger partial charge >= 0.3 is 0 Å². The lowest BCUT2D eigenvalue weighted by molar-refractivity contribution is -0.117. The molecule has 4 nitrogen and oxygen atoms in total. The highest BCUT2D eigenvalue weighted by molar-refractivity contribution is 5.96. The van der Waals surface area contributed by atoms with Crippen molar-refractivity contribution < 1.29 is 9.59 Å².